The van der Waals surface area contributed by atoms with Crippen LogP contribution in [0.4, 0.5) is 0 Å². The summed E-state index contributed by atoms with van der Waals surface area (Å²) in [7, 11) is -2.71. The smallest absolute Gasteiger partial charge is 0.222 e. The van der Waals surface area contributed by atoms with E-state index >= 15 is 0 Å². The molecule has 0 bridgehead atoms. The number of aliphatic hydroxyl groups is 1. The first-order valence-electron chi connectivity index (χ1n) is 13.7. The van der Waals surface area contributed by atoms with Crippen LogP contribution in [0.15, 0.2) is 0 Å². The number of carbonyl (C=O) groups excluding carboxylic acids is 1. The van der Waals surface area contributed by atoms with Crippen molar-refractivity contribution in [2.75, 3.05) is 19.3 Å². The van der Waals surface area contributed by atoms with Gasteiger partial charge in [0.1, 0.15) is 0 Å². The largest absolute Gasteiger partial charge is 0.748 e. The fourth-order valence-corrected chi connectivity index (χ4v) is 9.82. The molecule has 4 aliphatic rings. The molecule has 1 amide bonds. The van der Waals surface area contributed by atoms with E-state index in [9.17, 15) is 22.9 Å². The molecule has 7 heteroatoms. The SMILES string of the molecule is C[C@H](CCC(=O)N(C)CCS(=O)(=O)[O-])[C@H]1CC[C@H]2[C@@H]3CC[C@@H]4C[C@H](O)CC[C@]4(C)[C@H]3CC[C@]12C. The van der Waals surface area contributed by atoms with Gasteiger partial charge in [-0.15, -0.1) is 0 Å². The Bertz CT molecular complexity index is 861. The third-order valence-electron chi connectivity index (χ3n) is 11.3. The molecule has 34 heavy (non-hydrogen) atoms. The van der Waals surface area contributed by atoms with Gasteiger partial charge in [0.15, 0.2) is 0 Å². The summed E-state index contributed by atoms with van der Waals surface area (Å²) in [5, 5.41) is 10.3. The summed E-state index contributed by atoms with van der Waals surface area (Å²) in [6.45, 7) is 7.36. The second-order valence-electron chi connectivity index (χ2n) is 12.9. The lowest BCUT2D eigenvalue weighted by Crippen LogP contribution is -2.54. The van der Waals surface area contributed by atoms with E-state index in [1.165, 1.54) is 49.8 Å². The summed E-state index contributed by atoms with van der Waals surface area (Å²) in [6.07, 6.45) is 12.1. The van der Waals surface area contributed by atoms with E-state index in [0.29, 0.717) is 35.0 Å². The van der Waals surface area contributed by atoms with Crippen molar-refractivity contribution in [2.45, 2.75) is 97.5 Å². The van der Waals surface area contributed by atoms with Gasteiger partial charge >= 0.3 is 0 Å². The molecular weight excluding hydrogens is 450 g/mol. The van der Waals surface area contributed by atoms with E-state index in [2.05, 4.69) is 20.8 Å². The summed E-state index contributed by atoms with van der Waals surface area (Å²) < 4.78 is 32.6. The molecule has 0 heterocycles. The van der Waals surface area contributed by atoms with E-state index in [-0.39, 0.29) is 18.6 Å². The van der Waals surface area contributed by atoms with Crippen LogP contribution in [0.5, 0.6) is 0 Å². The van der Waals surface area contributed by atoms with Gasteiger partial charge in [-0.3, -0.25) is 4.79 Å². The third kappa shape index (κ3) is 4.95. The van der Waals surface area contributed by atoms with Crippen LogP contribution < -0.4 is 0 Å². The lowest BCUT2D eigenvalue weighted by molar-refractivity contribution is -0.132. The van der Waals surface area contributed by atoms with Gasteiger partial charge in [0, 0.05) is 20.0 Å². The van der Waals surface area contributed by atoms with Crippen LogP contribution in [-0.4, -0.2) is 54.3 Å². The predicted molar refractivity (Wildman–Crippen MR) is 132 cm³/mol. The fourth-order valence-electron chi connectivity index (χ4n) is 9.33. The highest BCUT2D eigenvalue weighted by atomic mass is 32.2. The van der Waals surface area contributed by atoms with Crippen LogP contribution in [0, 0.1) is 46.3 Å². The summed E-state index contributed by atoms with van der Waals surface area (Å²) in [6, 6.07) is 0. The molecule has 4 rings (SSSR count). The minimum Gasteiger partial charge on any atom is -0.748 e. The summed E-state index contributed by atoms with van der Waals surface area (Å²) in [4.78, 5) is 13.9. The van der Waals surface area contributed by atoms with Crippen molar-refractivity contribution < 1.29 is 22.9 Å². The standard InChI is InChI=1S/C27H47NO5S/c1-18(5-10-25(30)28(4)15-16-34(31,32)33)22-8-9-23-21-7-6-19-17-20(29)11-13-26(19,2)24(21)12-14-27(22,23)3/h18-24,29H,5-17H2,1-4H3,(H,31,32,33)/p-1/t18-,19-,20-,21+,22-,23+,24+,26+,27-/m1/s1. The number of hydrogen-bond acceptors (Lipinski definition) is 5. The number of fused-ring (bicyclic) bond motifs is 5. The average Bonchev–Trinajstić information content (AvgIpc) is 3.12. The van der Waals surface area contributed by atoms with E-state index < -0.39 is 15.9 Å². The third-order valence-corrected chi connectivity index (χ3v) is 12.0. The Morgan fingerprint density at radius 2 is 1.74 bits per heavy atom. The van der Waals surface area contributed by atoms with Crippen LogP contribution in [-0.2, 0) is 14.9 Å². The number of aliphatic hydroxyl groups excluding tert-OH is 1. The zero-order valence-electron chi connectivity index (χ0n) is 21.7. The first-order chi connectivity index (χ1) is 15.8. The molecule has 0 aromatic rings. The minimum absolute atomic E-state index is 0.0257. The van der Waals surface area contributed by atoms with Crippen LogP contribution in [0.25, 0.3) is 0 Å². The topological polar surface area (TPSA) is 97.7 Å². The van der Waals surface area contributed by atoms with Gasteiger partial charge in [-0.25, -0.2) is 8.42 Å². The highest BCUT2D eigenvalue weighted by molar-refractivity contribution is 7.85. The van der Waals surface area contributed by atoms with Crippen molar-refractivity contribution in [3.8, 4) is 0 Å². The van der Waals surface area contributed by atoms with Crippen molar-refractivity contribution >= 4 is 16.0 Å². The Labute approximate surface area is 207 Å². The molecule has 9 atom stereocenters. The summed E-state index contributed by atoms with van der Waals surface area (Å²) in [5.41, 5.74) is 0.755. The first-order valence-corrected chi connectivity index (χ1v) is 15.3. The summed E-state index contributed by atoms with van der Waals surface area (Å²) in [5.74, 6) is 3.61. The van der Waals surface area contributed by atoms with E-state index in [0.717, 1.165) is 37.0 Å². The van der Waals surface area contributed by atoms with E-state index in [1.807, 2.05) is 0 Å². The van der Waals surface area contributed by atoms with Crippen LogP contribution in [0.2, 0.25) is 0 Å². The Kier molecular flexibility index (Phi) is 7.50. The van der Waals surface area contributed by atoms with Crippen molar-refractivity contribution in [3.63, 3.8) is 0 Å². The molecule has 0 unspecified atom stereocenters. The van der Waals surface area contributed by atoms with Gasteiger partial charge in [-0.2, -0.15) is 0 Å². The molecule has 0 aromatic heterocycles. The molecule has 4 fully saturated rings. The number of hydrogen-bond donors (Lipinski definition) is 1. The highest BCUT2D eigenvalue weighted by Crippen LogP contribution is 2.68. The monoisotopic (exact) mass is 496 g/mol. The molecule has 0 spiro atoms. The maximum absolute atomic E-state index is 12.5. The molecule has 1 N–H and O–H groups in total. The molecule has 196 valence electrons. The van der Waals surface area contributed by atoms with Crippen LogP contribution in [0.1, 0.15) is 91.4 Å². The van der Waals surface area contributed by atoms with Gasteiger partial charge in [0.25, 0.3) is 0 Å². The number of nitrogens with zero attached hydrogens (tertiary/aromatic N) is 1. The Morgan fingerprint density at radius 1 is 1.06 bits per heavy atom. The van der Waals surface area contributed by atoms with Gasteiger partial charge in [-0.1, -0.05) is 20.8 Å². The van der Waals surface area contributed by atoms with Crippen LogP contribution >= 0.6 is 0 Å². The van der Waals surface area contributed by atoms with Gasteiger partial charge in [0.2, 0.25) is 5.91 Å². The molecule has 0 aromatic carbocycles. The number of rotatable bonds is 7. The summed E-state index contributed by atoms with van der Waals surface area (Å²) >= 11 is 0. The fraction of sp³-hybridized carbons (Fsp3) is 0.963. The molecular formula is C27H46NO5S-. The minimum atomic E-state index is -4.30. The zero-order chi connectivity index (χ0) is 24.9. The average molecular weight is 497 g/mol. The van der Waals surface area contributed by atoms with Crippen molar-refractivity contribution in [1.82, 2.24) is 4.90 Å². The molecule has 4 saturated carbocycles. The zero-order valence-corrected chi connectivity index (χ0v) is 22.5. The predicted octanol–water partition coefficient (Wildman–Crippen LogP) is 4.43. The maximum Gasteiger partial charge on any atom is 0.222 e. The number of carbonyl (C=O) groups is 1. The Balaban J connectivity index is 1.36. The molecule has 6 nitrogen and oxygen atoms in total. The van der Waals surface area contributed by atoms with E-state index in [4.69, 9.17) is 0 Å². The quantitative estimate of drug-likeness (QED) is 0.526. The number of amides is 1. The van der Waals surface area contributed by atoms with Gasteiger partial charge in [-0.05, 0) is 111 Å². The van der Waals surface area contributed by atoms with Gasteiger partial charge in [0.05, 0.1) is 22.0 Å². The normalized spacial score (nSPS) is 42.9. The lowest BCUT2D eigenvalue weighted by atomic mass is 9.44. The molecule has 0 radical (unpaired) electrons. The Morgan fingerprint density at radius 3 is 2.44 bits per heavy atom. The van der Waals surface area contributed by atoms with Crippen molar-refractivity contribution in [1.29, 1.82) is 0 Å². The molecule has 0 aliphatic heterocycles. The highest BCUT2D eigenvalue weighted by Gasteiger charge is 2.60. The lowest BCUT2D eigenvalue weighted by Gasteiger charge is -2.61. The van der Waals surface area contributed by atoms with E-state index in [1.54, 1.807) is 7.05 Å². The second kappa shape index (κ2) is 9.66. The molecule has 4 aliphatic carbocycles. The molecule has 0 saturated heterocycles. The van der Waals surface area contributed by atoms with Gasteiger partial charge < -0.3 is 14.6 Å². The van der Waals surface area contributed by atoms with Crippen molar-refractivity contribution in [3.05, 3.63) is 0 Å². The van der Waals surface area contributed by atoms with Crippen LogP contribution in [0.3, 0.4) is 0 Å². The Hall–Kier alpha value is -0.660. The van der Waals surface area contributed by atoms with Crippen molar-refractivity contribution in [2.24, 2.45) is 46.3 Å². The first kappa shape index (κ1) is 26.4. The second-order valence-corrected chi connectivity index (χ2v) is 14.4. The maximum atomic E-state index is 12.5.